The lowest BCUT2D eigenvalue weighted by atomic mass is 10.1. The molecule has 0 spiro atoms. The van der Waals surface area contributed by atoms with Gasteiger partial charge in [0, 0.05) is 36.8 Å². The summed E-state index contributed by atoms with van der Waals surface area (Å²) in [4.78, 5) is 25.5. The molecule has 0 radical (unpaired) electrons. The Morgan fingerprint density at radius 2 is 1.89 bits per heavy atom. The van der Waals surface area contributed by atoms with Crippen LogP contribution < -0.4 is 10.1 Å². The second-order valence-corrected chi connectivity index (χ2v) is 7.53. The minimum absolute atomic E-state index is 0.101. The van der Waals surface area contributed by atoms with Crippen LogP contribution >= 0.6 is 0 Å². The summed E-state index contributed by atoms with van der Waals surface area (Å²) in [6, 6.07) is 9.26. The second-order valence-electron chi connectivity index (χ2n) is 7.53. The van der Waals surface area contributed by atoms with Gasteiger partial charge in [-0.2, -0.15) is 23.0 Å². The summed E-state index contributed by atoms with van der Waals surface area (Å²) >= 11 is 0. The monoisotopic (exact) mass is 498 g/mol. The van der Waals surface area contributed by atoms with E-state index in [1.54, 1.807) is 12.1 Å². The largest absolute Gasteiger partial charge is 0.496 e. The van der Waals surface area contributed by atoms with Crippen molar-refractivity contribution in [1.29, 1.82) is 0 Å². The maximum atomic E-state index is 13.7. The zero-order chi connectivity index (χ0) is 25.7. The first-order valence-corrected chi connectivity index (χ1v) is 10.6. The standard InChI is InChI=1S/C24H21F3N6O3/c1-35-14-19-17(22(34)32-21(24(25,26)27)15-6-5-10-28-12-15)13-30-33(19)23-29-11-9-18(31-23)16-7-3-4-8-20(16)36-2/h3-13,21H,14H2,1-2H3,(H,32,34)/t21-/m0/s1. The number of pyridine rings is 1. The van der Waals surface area contributed by atoms with Gasteiger partial charge in [0.05, 0.1) is 36.9 Å². The number of hydrogen-bond donors (Lipinski definition) is 1. The lowest BCUT2D eigenvalue weighted by molar-refractivity contribution is -0.155. The maximum Gasteiger partial charge on any atom is 0.412 e. The topological polar surface area (TPSA) is 104 Å². The average molecular weight is 498 g/mol. The Morgan fingerprint density at radius 3 is 2.58 bits per heavy atom. The smallest absolute Gasteiger partial charge is 0.412 e. The summed E-state index contributed by atoms with van der Waals surface area (Å²) in [7, 11) is 2.93. The van der Waals surface area contributed by atoms with Crippen LogP contribution in [0.5, 0.6) is 5.75 Å². The highest BCUT2D eigenvalue weighted by Crippen LogP contribution is 2.33. The van der Waals surface area contributed by atoms with E-state index in [4.69, 9.17) is 9.47 Å². The highest BCUT2D eigenvalue weighted by Gasteiger charge is 2.42. The molecule has 0 aliphatic carbocycles. The number of nitrogens with one attached hydrogen (secondary N) is 1. The summed E-state index contributed by atoms with van der Waals surface area (Å²) < 4.78 is 53.1. The number of aromatic nitrogens is 5. The number of ether oxygens (including phenoxy) is 2. The second kappa shape index (κ2) is 10.5. The number of methoxy groups -OCH3 is 2. The van der Waals surface area contributed by atoms with Crippen LogP contribution in [0.25, 0.3) is 17.2 Å². The van der Waals surface area contributed by atoms with E-state index < -0.39 is 18.1 Å². The number of nitrogens with zero attached hydrogens (tertiary/aromatic N) is 5. The van der Waals surface area contributed by atoms with E-state index in [0.717, 1.165) is 12.4 Å². The van der Waals surface area contributed by atoms with E-state index in [1.807, 2.05) is 23.5 Å². The summed E-state index contributed by atoms with van der Waals surface area (Å²) in [6.07, 6.45) is 0.305. The third-order valence-electron chi connectivity index (χ3n) is 5.23. The van der Waals surface area contributed by atoms with Gasteiger partial charge in [0.2, 0.25) is 0 Å². The van der Waals surface area contributed by atoms with Gasteiger partial charge in [-0.1, -0.05) is 18.2 Å². The third kappa shape index (κ3) is 5.18. The normalized spacial score (nSPS) is 12.2. The van der Waals surface area contributed by atoms with E-state index in [-0.39, 0.29) is 29.4 Å². The van der Waals surface area contributed by atoms with E-state index >= 15 is 0 Å². The molecule has 1 N–H and O–H groups in total. The molecular formula is C24H21F3N6O3. The minimum atomic E-state index is -4.75. The number of halogens is 3. The molecule has 0 aliphatic rings. The highest BCUT2D eigenvalue weighted by atomic mass is 19.4. The zero-order valence-corrected chi connectivity index (χ0v) is 19.2. The molecule has 0 fully saturated rings. The van der Waals surface area contributed by atoms with Crippen LogP contribution in [0.3, 0.4) is 0 Å². The van der Waals surface area contributed by atoms with Crippen molar-refractivity contribution < 1.29 is 27.4 Å². The molecule has 0 bridgehead atoms. The summed E-state index contributed by atoms with van der Waals surface area (Å²) in [6.45, 7) is -0.130. The van der Waals surface area contributed by atoms with E-state index in [2.05, 4.69) is 20.1 Å². The van der Waals surface area contributed by atoms with Gasteiger partial charge in [-0.25, -0.2) is 9.97 Å². The predicted octanol–water partition coefficient (Wildman–Crippen LogP) is 3.91. The van der Waals surface area contributed by atoms with Crippen molar-refractivity contribution in [3.05, 3.63) is 84.1 Å². The third-order valence-corrected chi connectivity index (χ3v) is 5.23. The quantitative estimate of drug-likeness (QED) is 0.393. The minimum Gasteiger partial charge on any atom is -0.496 e. The first-order chi connectivity index (χ1) is 17.3. The van der Waals surface area contributed by atoms with Gasteiger partial charge < -0.3 is 14.8 Å². The number of carbonyl (C=O) groups excluding carboxylic acids is 1. The van der Waals surface area contributed by atoms with Gasteiger partial charge in [-0.15, -0.1) is 0 Å². The number of hydrogen-bond acceptors (Lipinski definition) is 7. The van der Waals surface area contributed by atoms with E-state index in [0.29, 0.717) is 17.0 Å². The van der Waals surface area contributed by atoms with Gasteiger partial charge in [-0.05, 0) is 24.3 Å². The number of benzene rings is 1. The molecule has 186 valence electrons. The van der Waals surface area contributed by atoms with Crippen LogP contribution in [0.2, 0.25) is 0 Å². The van der Waals surface area contributed by atoms with Crippen molar-refractivity contribution >= 4 is 5.91 Å². The van der Waals surface area contributed by atoms with E-state index in [9.17, 15) is 18.0 Å². The SMILES string of the molecule is COCc1c(C(=O)N[C@@H](c2cccnc2)C(F)(F)F)cnn1-c1nccc(-c2ccccc2OC)n1. The van der Waals surface area contributed by atoms with Gasteiger partial charge in [0.25, 0.3) is 11.9 Å². The summed E-state index contributed by atoms with van der Waals surface area (Å²) in [5.41, 5.74) is 1.09. The number of para-hydroxylation sites is 1. The Hall–Kier alpha value is -4.32. The molecular weight excluding hydrogens is 477 g/mol. The molecule has 3 aromatic heterocycles. The molecule has 0 aliphatic heterocycles. The molecule has 4 rings (SSSR count). The molecule has 12 heteroatoms. The molecule has 0 saturated carbocycles. The first-order valence-electron chi connectivity index (χ1n) is 10.6. The fourth-order valence-electron chi connectivity index (χ4n) is 3.58. The molecule has 36 heavy (non-hydrogen) atoms. The van der Waals surface area contributed by atoms with Crippen LogP contribution in [0, 0.1) is 0 Å². The summed E-state index contributed by atoms with van der Waals surface area (Å²) in [5, 5.41) is 6.21. The van der Waals surface area contributed by atoms with Crippen LogP contribution in [-0.2, 0) is 11.3 Å². The molecule has 1 aromatic carbocycles. The Kier molecular flexibility index (Phi) is 7.25. The van der Waals surface area contributed by atoms with Gasteiger partial charge in [0.1, 0.15) is 5.75 Å². The lowest BCUT2D eigenvalue weighted by Gasteiger charge is -2.21. The van der Waals surface area contributed by atoms with Gasteiger partial charge in [-0.3, -0.25) is 9.78 Å². The number of amides is 1. The molecule has 0 saturated heterocycles. The Labute approximate surface area is 203 Å². The molecule has 1 atom stereocenters. The molecule has 4 aromatic rings. The van der Waals surface area contributed by atoms with Crippen LogP contribution in [0.1, 0.15) is 27.7 Å². The Balaban J connectivity index is 1.70. The lowest BCUT2D eigenvalue weighted by Crippen LogP contribution is -2.38. The molecule has 9 nitrogen and oxygen atoms in total. The van der Waals surface area contributed by atoms with Crippen molar-refractivity contribution in [2.45, 2.75) is 18.8 Å². The molecule has 3 heterocycles. The van der Waals surface area contributed by atoms with Crippen molar-refractivity contribution in [2.24, 2.45) is 0 Å². The molecule has 1 amide bonds. The van der Waals surface area contributed by atoms with Crippen LogP contribution in [0.15, 0.2) is 67.3 Å². The number of rotatable bonds is 8. The number of alkyl halides is 3. The number of carbonyl (C=O) groups is 1. The average Bonchev–Trinajstić information content (AvgIpc) is 3.31. The predicted molar refractivity (Wildman–Crippen MR) is 122 cm³/mol. The van der Waals surface area contributed by atoms with Crippen LogP contribution in [0.4, 0.5) is 13.2 Å². The van der Waals surface area contributed by atoms with Crippen molar-refractivity contribution in [3.63, 3.8) is 0 Å². The summed E-state index contributed by atoms with van der Waals surface area (Å²) in [5.74, 6) is -0.294. The van der Waals surface area contributed by atoms with Gasteiger partial charge in [0.15, 0.2) is 6.04 Å². The zero-order valence-electron chi connectivity index (χ0n) is 19.2. The Bertz CT molecular complexity index is 1340. The maximum absolute atomic E-state index is 13.7. The van der Waals surface area contributed by atoms with E-state index in [1.165, 1.54) is 43.4 Å². The highest BCUT2D eigenvalue weighted by molar-refractivity contribution is 5.95. The first kappa shape index (κ1) is 24.8. The van der Waals surface area contributed by atoms with Gasteiger partial charge >= 0.3 is 6.18 Å². The van der Waals surface area contributed by atoms with Crippen molar-refractivity contribution in [3.8, 4) is 23.0 Å². The van der Waals surface area contributed by atoms with Crippen molar-refractivity contribution in [2.75, 3.05) is 14.2 Å². The fraction of sp³-hybridized carbons (Fsp3) is 0.208. The fourth-order valence-corrected chi connectivity index (χ4v) is 3.58. The van der Waals surface area contributed by atoms with Crippen molar-refractivity contribution in [1.82, 2.24) is 30.0 Å². The Morgan fingerprint density at radius 1 is 1.08 bits per heavy atom. The molecule has 0 unspecified atom stereocenters. The van der Waals surface area contributed by atoms with Crippen LogP contribution in [-0.4, -0.2) is 51.0 Å².